The van der Waals surface area contributed by atoms with Gasteiger partial charge in [0.2, 0.25) is 15.9 Å². The summed E-state index contributed by atoms with van der Waals surface area (Å²) in [4.78, 5) is 13.7. The van der Waals surface area contributed by atoms with E-state index in [1.165, 1.54) is 0 Å². The topological polar surface area (TPSA) is 75.7 Å². The van der Waals surface area contributed by atoms with Gasteiger partial charge in [-0.1, -0.05) is 29.8 Å². The van der Waals surface area contributed by atoms with E-state index in [2.05, 4.69) is 5.32 Å². The van der Waals surface area contributed by atoms with Gasteiger partial charge in [0.25, 0.3) is 0 Å². The molecule has 0 radical (unpaired) electrons. The Kier molecular flexibility index (Phi) is 8.66. The molecule has 6 nitrogen and oxygen atoms in total. The van der Waals surface area contributed by atoms with Gasteiger partial charge in [-0.2, -0.15) is 0 Å². The number of halogens is 1. The second-order valence-electron chi connectivity index (χ2n) is 7.24. The van der Waals surface area contributed by atoms with Crippen LogP contribution in [0, 0.1) is 0 Å². The summed E-state index contributed by atoms with van der Waals surface area (Å²) in [6.07, 6.45) is 1.08. The van der Waals surface area contributed by atoms with Crippen LogP contribution in [-0.2, 0) is 14.8 Å². The quantitative estimate of drug-likeness (QED) is 0.303. The van der Waals surface area contributed by atoms with E-state index in [4.69, 9.17) is 16.3 Å². The number of benzene rings is 3. The fourth-order valence-electron chi connectivity index (χ4n) is 3.12. The van der Waals surface area contributed by atoms with Crippen LogP contribution in [0.2, 0.25) is 5.02 Å². The summed E-state index contributed by atoms with van der Waals surface area (Å²) in [5.41, 5.74) is 0.385. The summed E-state index contributed by atoms with van der Waals surface area (Å²) in [5, 5.41) is 3.48. The van der Waals surface area contributed by atoms with Crippen molar-refractivity contribution in [3.63, 3.8) is 0 Å². The molecular weight excluding hydrogens is 480 g/mol. The lowest BCUT2D eigenvalue weighted by Gasteiger charge is -2.28. The molecule has 0 unspecified atom stereocenters. The molecule has 33 heavy (non-hydrogen) atoms. The van der Waals surface area contributed by atoms with Gasteiger partial charge in [0, 0.05) is 22.2 Å². The Balaban J connectivity index is 1.61. The van der Waals surface area contributed by atoms with E-state index in [1.807, 2.05) is 54.6 Å². The van der Waals surface area contributed by atoms with Crippen LogP contribution in [0.15, 0.2) is 83.8 Å². The fourth-order valence-corrected chi connectivity index (χ4v) is 5.19. The van der Waals surface area contributed by atoms with Crippen molar-refractivity contribution in [1.82, 2.24) is 5.32 Å². The molecule has 3 aromatic carbocycles. The second kappa shape index (κ2) is 11.4. The maximum absolute atomic E-state index is 12.7. The van der Waals surface area contributed by atoms with Gasteiger partial charge in [0.15, 0.2) is 0 Å². The largest absolute Gasteiger partial charge is 0.457 e. The van der Waals surface area contributed by atoms with Crippen LogP contribution in [0.1, 0.15) is 6.92 Å². The van der Waals surface area contributed by atoms with Gasteiger partial charge < -0.3 is 10.1 Å². The number of carbonyl (C=O) groups excluding carboxylic acids is 1. The number of para-hydroxylation sites is 1. The molecule has 0 saturated carbocycles. The summed E-state index contributed by atoms with van der Waals surface area (Å²) in [7, 11) is -3.70. The number of anilines is 1. The summed E-state index contributed by atoms with van der Waals surface area (Å²) in [6.45, 7) is 1.97. The van der Waals surface area contributed by atoms with Crippen molar-refractivity contribution in [1.29, 1.82) is 0 Å². The highest BCUT2D eigenvalue weighted by Crippen LogP contribution is 2.27. The van der Waals surface area contributed by atoms with E-state index in [9.17, 15) is 13.2 Å². The minimum absolute atomic E-state index is 0.373. The number of hydrogen-bond donors (Lipinski definition) is 1. The van der Waals surface area contributed by atoms with Crippen molar-refractivity contribution in [2.75, 3.05) is 22.9 Å². The smallest absolute Gasteiger partial charge is 0.243 e. The number of hydrogen-bond acceptors (Lipinski definition) is 5. The van der Waals surface area contributed by atoms with E-state index in [0.717, 1.165) is 15.5 Å². The van der Waals surface area contributed by atoms with Crippen molar-refractivity contribution >= 4 is 45.0 Å². The SMILES string of the molecule is C[C@H](C(=O)NCCSc1ccc(Cl)cc1)N(c1ccc(Oc2ccccc2)cc1)S(C)(=O)=O. The Bertz CT molecular complexity index is 1160. The Morgan fingerprint density at radius 2 is 1.61 bits per heavy atom. The molecule has 0 saturated heterocycles. The van der Waals surface area contributed by atoms with Gasteiger partial charge in [-0.25, -0.2) is 8.42 Å². The first kappa shape index (κ1) is 25.0. The number of carbonyl (C=O) groups is 1. The van der Waals surface area contributed by atoms with Crippen LogP contribution in [0.25, 0.3) is 0 Å². The third-order valence-corrected chi connectivity index (χ3v) is 7.15. The van der Waals surface area contributed by atoms with Crippen molar-refractivity contribution in [3.8, 4) is 11.5 Å². The lowest BCUT2D eigenvalue weighted by Crippen LogP contribution is -2.48. The van der Waals surface area contributed by atoms with Gasteiger partial charge in [-0.05, 0) is 67.6 Å². The maximum Gasteiger partial charge on any atom is 0.243 e. The zero-order chi connectivity index (χ0) is 23.8. The van der Waals surface area contributed by atoms with Crippen LogP contribution in [0.3, 0.4) is 0 Å². The number of sulfonamides is 1. The number of nitrogens with one attached hydrogen (secondary N) is 1. The highest BCUT2D eigenvalue weighted by atomic mass is 35.5. The standard InChI is InChI=1S/C24H25ClN2O4S2/c1-18(24(28)26-16-17-32-23-14-8-19(25)9-15-23)27(33(2,29)30)20-10-12-22(13-11-20)31-21-6-4-3-5-7-21/h3-15,18H,16-17H2,1-2H3,(H,26,28)/t18-/m1/s1. The molecule has 174 valence electrons. The summed E-state index contributed by atoms with van der Waals surface area (Å²) in [6, 6.07) is 22.4. The number of ether oxygens (including phenoxy) is 1. The number of amides is 1. The molecule has 0 spiro atoms. The number of thioether (sulfide) groups is 1. The normalized spacial score (nSPS) is 12.1. The molecule has 0 heterocycles. The van der Waals surface area contributed by atoms with Crippen molar-refractivity contribution < 1.29 is 17.9 Å². The first-order valence-corrected chi connectivity index (χ1v) is 13.4. The Morgan fingerprint density at radius 3 is 2.21 bits per heavy atom. The van der Waals surface area contributed by atoms with Crippen molar-refractivity contribution in [3.05, 3.63) is 83.9 Å². The molecule has 1 atom stereocenters. The molecule has 0 aliphatic heterocycles. The number of rotatable bonds is 10. The highest BCUT2D eigenvalue weighted by molar-refractivity contribution is 7.99. The van der Waals surface area contributed by atoms with Crippen LogP contribution < -0.4 is 14.4 Å². The van der Waals surface area contributed by atoms with Crippen LogP contribution >= 0.6 is 23.4 Å². The van der Waals surface area contributed by atoms with Crippen LogP contribution in [-0.4, -0.2) is 38.9 Å². The van der Waals surface area contributed by atoms with Gasteiger partial charge in [-0.15, -0.1) is 11.8 Å². The molecule has 0 aliphatic rings. The third-order valence-electron chi connectivity index (χ3n) is 4.64. The van der Waals surface area contributed by atoms with Crippen LogP contribution in [0.5, 0.6) is 11.5 Å². The van der Waals surface area contributed by atoms with Gasteiger partial charge in [0.05, 0.1) is 11.9 Å². The highest BCUT2D eigenvalue weighted by Gasteiger charge is 2.29. The van der Waals surface area contributed by atoms with Gasteiger partial charge in [-0.3, -0.25) is 9.10 Å². The van der Waals surface area contributed by atoms with E-state index in [0.29, 0.717) is 34.5 Å². The van der Waals surface area contributed by atoms with E-state index >= 15 is 0 Å². The zero-order valence-corrected chi connectivity index (χ0v) is 20.7. The average Bonchev–Trinajstić information content (AvgIpc) is 2.79. The summed E-state index contributed by atoms with van der Waals surface area (Å²) < 4.78 is 31.9. The molecule has 1 amide bonds. The molecule has 0 bridgehead atoms. The average molecular weight is 505 g/mol. The predicted molar refractivity (Wildman–Crippen MR) is 135 cm³/mol. The van der Waals surface area contributed by atoms with Gasteiger partial charge >= 0.3 is 0 Å². The third kappa shape index (κ3) is 7.42. The second-order valence-corrected chi connectivity index (χ2v) is 10.7. The molecule has 3 aromatic rings. The molecule has 0 aromatic heterocycles. The zero-order valence-electron chi connectivity index (χ0n) is 18.3. The molecule has 1 N–H and O–H groups in total. The maximum atomic E-state index is 12.7. The molecule has 3 rings (SSSR count). The fraction of sp³-hybridized carbons (Fsp3) is 0.208. The van der Waals surface area contributed by atoms with Crippen molar-refractivity contribution in [2.24, 2.45) is 0 Å². The molecular formula is C24H25ClN2O4S2. The Morgan fingerprint density at radius 1 is 1.00 bits per heavy atom. The monoisotopic (exact) mass is 504 g/mol. The minimum Gasteiger partial charge on any atom is -0.457 e. The first-order chi connectivity index (χ1) is 15.7. The first-order valence-electron chi connectivity index (χ1n) is 10.2. The summed E-state index contributed by atoms with van der Waals surface area (Å²) in [5.74, 6) is 1.51. The Labute approximate surface area is 204 Å². The minimum atomic E-state index is -3.70. The number of nitrogens with zero attached hydrogens (tertiary/aromatic N) is 1. The van der Waals surface area contributed by atoms with E-state index in [-0.39, 0.29) is 5.91 Å². The lowest BCUT2D eigenvalue weighted by molar-refractivity contribution is -0.121. The Hall–Kier alpha value is -2.68. The van der Waals surface area contributed by atoms with E-state index in [1.54, 1.807) is 43.0 Å². The molecule has 0 fully saturated rings. The predicted octanol–water partition coefficient (Wildman–Crippen LogP) is 5.20. The molecule has 9 heteroatoms. The molecule has 0 aliphatic carbocycles. The lowest BCUT2D eigenvalue weighted by atomic mass is 10.2. The van der Waals surface area contributed by atoms with E-state index < -0.39 is 16.1 Å². The summed E-state index contributed by atoms with van der Waals surface area (Å²) >= 11 is 7.46. The van der Waals surface area contributed by atoms with Crippen LogP contribution in [0.4, 0.5) is 5.69 Å². The van der Waals surface area contributed by atoms with Crippen molar-refractivity contribution in [2.45, 2.75) is 17.9 Å². The van der Waals surface area contributed by atoms with Gasteiger partial charge in [0.1, 0.15) is 17.5 Å².